The third-order valence-electron chi connectivity index (χ3n) is 5.85. The number of rotatable bonds is 6. The van der Waals surface area contributed by atoms with E-state index in [2.05, 4.69) is 5.32 Å². The Hall–Kier alpha value is -2.81. The second kappa shape index (κ2) is 9.36. The van der Waals surface area contributed by atoms with Gasteiger partial charge in [0.15, 0.2) is 6.17 Å². The molecule has 2 unspecified atom stereocenters. The van der Waals surface area contributed by atoms with Crippen molar-refractivity contribution in [1.82, 2.24) is 10.2 Å². The van der Waals surface area contributed by atoms with Gasteiger partial charge in [-0.3, -0.25) is 20.4 Å². The van der Waals surface area contributed by atoms with Crippen molar-refractivity contribution < 1.29 is 23.8 Å². The number of nitrogens with zero attached hydrogens (tertiary/aromatic N) is 1. The molecular formula is C23H31FN4O4. The van der Waals surface area contributed by atoms with E-state index in [0.717, 1.165) is 38.2 Å². The highest BCUT2D eigenvalue weighted by molar-refractivity contribution is 6.04. The molecule has 174 valence electrons. The zero-order valence-electron chi connectivity index (χ0n) is 18.7. The van der Waals surface area contributed by atoms with Crippen LogP contribution in [0.4, 0.5) is 4.39 Å². The fourth-order valence-electron chi connectivity index (χ4n) is 4.29. The summed E-state index contributed by atoms with van der Waals surface area (Å²) in [5, 5.41) is 28.4. The molecule has 1 heterocycles. The Kier molecular flexibility index (Phi) is 6.97. The third kappa shape index (κ3) is 5.51. The molecule has 1 aliphatic heterocycles. The van der Waals surface area contributed by atoms with E-state index in [1.165, 1.54) is 0 Å². The van der Waals surface area contributed by atoms with Gasteiger partial charge in [-0.05, 0) is 51.3 Å². The standard InChI is InChI=1S/C23H31FN4O4/c1-13(24)20(25)32-21(26)14-8-9-15-12-28(22(30)16(15)10-14)18-7-5-4-6-17(18)27-19(29)11-23(2,3)31/h8-10,13,17-18,25-26,31H,4-7,11-12H2,1-3H3,(H,27,29)/t13?,17-,18?/m1/s1. The van der Waals surface area contributed by atoms with Crippen molar-refractivity contribution in [2.45, 2.75) is 83.3 Å². The summed E-state index contributed by atoms with van der Waals surface area (Å²) in [4.78, 5) is 27.4. The molecule has 32 heavy (non-hydrogen) atoms. The number of amides is 2. The van der Waals surface area contributed by atoms with Gasteiger partial charge in [0.25, 0.3) is 5.91 Å². The fraction of sp³-hybridized carbons (Fsp3) is 0.565. The molecule has 0 radical (unpaired) electrons. The molecule has 1 aromatic carbocycles. The summed E-state index contributed by atoms with van der Waals surface area (Å²) in [6.07, 6.45) is 1.80. The average molecular weight is 447 g/mol. The molecule has 1 aromatic rings. The van der Waals surface area contributed by atoms with Gasteiger partial charge in [0.05, 0.1) is 18.1 Å². The number of carbonyl (C=O) groups excluding carboxylic acids is 2. The van der Waals surface area contributed by atoms with Crippen LogP contribution in [0.15, 0.2) is 18.2 Å². The van der Waals surface area contributed by atoms with Crippen LogP contribution < -0.4 is 5.32 Å². The van der Waals surface area contributed by atoms with Crippen molar-refractivity contribution in [2.75, 3.05) is 0 Å². The smallest absolute Gasteiger partial charge is 0.254 e. The lowest BCUT2D eigenvalue weighted by molar-refractivity contribution is -0.126. The lowest BCUT2D eigenvalue weighted by Crippen LogP contribution is -2.54. The van der Waals surface area contributed by atoms with Crippen molar-refractivity contribution in [2.24, 2.45) is 0 Å². The third-order valence-corrected chi connectivity index (χ3v) is 5.85. The Bertz CT molecular complexity index is 925. The van der Waals surface area contributed by atoms with Gasteiger partial charge in [-0.1, -0.05) is 18.9 Å². The first-order chi connectivity index (χ1) is 15.0. The van der Waals surface area contributed by atoms with Gasteiger partial charge in [-0.2, -0.15) is 0 Å². The molecule has 8 nitrogen and oxygen atoms in total. The van der Waals surface area contributed by atoms with Crippen LogP contribution in [0, 0.1) is 10.8 Å². The summed E-state index contributed by atoms with van der Waals surface area (Å²) >= 11 is 0. The highest BCUT2D eigenvalue weighted by atomic mass is 19.1. The average Bonchev–Trinajstić information content (AvgIpc) is 3.02. The number of nitrogens with one attached hydrogen (secondary N) is 3. The minimum absolute atomic E-state index is 0.0115. The van der Waals surface area contributed by atoms with E-state index in [-0.39, 0.29) is 36.2 Å². The largest absolute Gasteiger partial charge is 0.422 e. The topological polar surface area (TPSA) is 127 Å². The van der Waals surface area contributed by atoms with Crippen molar-refractivity contribution in [3.05, 3.63) is 34.9 Å². The number of ether oxygens (including phenoxy) is 1. The highest BCUT2D eigenvalue weighted by Crippen LogP contribution is 2.32. The molecule has 1 fully saturated rings. The molecule has 1 aliphatic carbocycles. The minimum atomic E-state index is -1.63. The van der Waals surface area contributed by atoms with Gasteiger partial charge in [0.1, 0.15) is 0 Å². The Morgan fingerprint density at radius 2 is 2.03 bits per heavy atom. The van der Waals surface area contributed by atoms with E-state index in [0.29, 0.717) is 17.7 Å². The Balaban J connectivity index is 1.74. The second-order valence-corrected chi connectivity index (χ2v) is 9.23. The zero-order chi connectivity index (χ0) is 23.6. The van der Waals surface area contributed by atoms with E-state index >= 15 is 0 Å². The number of hydrogen-bond acceptors (Lipinski definition) is 6. The van der Waals surface area contributed by atoms with E-state index < -0.39 is 17.7 Å². The maximum absolute atomic E-state index is 13.2. The zero-order valence-corrected chi connectivity index (χ0v) is 18.7. The molecule has 2 aliphatic rings. The quantitative estimate of drug-likeness (QED) is 0.396. The van der Waals surface area contributed by atoms with Crippen LogP contribution in [0.25, 0.3) is 0 Å². The summed E-state index contributed by atoms with van der Waals surface area (Å²) in [5.41, 5.74) is 0.450. The van der Waals surface area contributed by atoms with Crippen LogP contribution >= 0.6 is 0 Å². The van der Waals surface area contributed by atoms with Crippen LogP contribution in [-0.2, 0) is 16.1 Å². The molecule has 2 amide bonds. The van der Waals surface area contributed by atoms with Crippen molar-refractivity contribution >= 4 is 23.6 Å². The van der Waals surface area contributed by atoms with Crippen LogP contribution in [-0.4, -0.2) is 57.5 Å². The molecule has 0 saturated heterocycles. The van der Waals surface area contributed by atoms with Crippen molar-refractivity contribution in [3.8, 4) is 0 Å². The van der Waals surface area contributed by atoms with E-state index in [1.807, 2.05) is 0 Å². The Morgan fingerprint density at radius 3 is 2.69 bits per heavy atom. The molecule has 9 heteroatoms. The number of alkyl halides is 1. The Labute approximate surface area is 187 Å². The van der Waals surface area contributed by atoms with E-state index in [9.17, 15) is 19.1 Å². The first-order valence-corrected chi connectivity index (χ1v) is 10.9. The lowest BCUT2D eigenvalue weighted by atomic mass is 9.88. The van der Waals surface area contributed by atoms with Crippen LogP contribution in [0.2, 0.25) is 0 Å². The summed E-state index contributed by atoms with van der Waals surface area (Å²) in [6, 6.07) is 4.56. The molecule has 3 atom stereocenters. The molecule has 0 aromatic heterocycles. The number of aliphatic hydroxyl groups is 1. The van der Waals surface area contributed by atoms with E-state index in [1.54, 1.807) is 36.9 Å². The van der Waals surface area contributed by atoms with Gasteiger partial charge in [0, 0.05) is 23.7 Å². The summed E-state index contributed by atoms with van der Waals surface area (Å²) in [5.74, 6) is -1.47. The molecule has 0 bridgehead atoms. The van der Waals surface area contributed by atoms with Crippen molar-refractivity contribution in [1.29, 1.82) is 10.8 Å². The predicted molar refractivity (Wildman–Crippen MR) is 118 cm³/mol. The summed E-state index contributed by atoms with van der Waals surface area (Å²) < 4.78 is 18.1. The molecule has 1 saturated carbocycles. The predicted octanol–water partition coefficient (Wildman–Crippen LogP) is 2.91. The molecule has 4 N–H and O–H groups in total. The van der Waals surface area contributed by atoms with Crippen LogP contribution in [0.5, 0.6) is 0 Å². The monoisotopic (exact) mass is 446 g/mol. The first kappa shape index (κ1) is 23.8. The fourth-order valence-corrected chi connectivity index (χ4v) is 4.29. The van der Waals surface area contributed by atoms with Gasteiger partial charge in [0.2, 0.25) is 17.7 Å². The minimum Gasteiger partial charge on any atom is -0.422 e. The van der Waals surface area contributed by atoms with E-state index in [4.69, 9.17) is 15.6 Å². The number of fused-ring (bicyclic) bond motifs is 1. The second-order valence-electron chi connectivity index (χ2n) is 9.23. The highest BCUT2D eigenvalue weighted by Gasteiger charge is 2.39. The number of halogens is 1. The maximum atomic E-state index is 13.2. The first-order valence-electron chi connectivity index (χ1n) is 10.9. The van der Waals surface area contributed by atoms with Crippen LogP contribution in [0.1, 0.15) is 74.4 Å². The van der Waals surface area contributed by atoms with Gasteiger partial charge >= 0.3 is 0 Å². The van der Waals surface area contributed by atoms with Gasteiger partial charge in [-0.25, -0.2) is 4.39 Å². The summed E-state index contributed by atoms with van der Waals surface area (Å²) in [7, 11) is 0. The number of benzene rings is 1. The Morgan fingerprint density at radius 1 is 1.34 bits per heavy atom. The van der Waals surface area contributed by atoms with Gasteiger partial charge < -0.3 is 20.1 Å². The molecular weight excluding hydrogens is 415 g/mol. The lowest BCUT2D eigenvalue weighted by Gasteiger charge is -2.38. The summed E-state index contributed by atoms with van der Waals surface area (Å²) in [6.45, 7) is 4.73. The molecule has 3 rings (SSSR count). The van der Waals surface area contributed by atoms with Crippen molar-refractivity contribution in [3.63, 3.8) is 0 Å². The SMILES string of the molecule is CC(F)C(=N)OC(=N)c1ccc2c(c1)C(=O)N(C1CCCC[C@H]1NC(=O)CC(C)(C)O)C2. The normalized spacial score (nSPS) is 21.7. The van der Waals surface area contributed by atoms with Gasteiger partial charge in [-0.15, -0.1) is 0 Å². The maximum Gasteiger partial charge on any atom is 0.254 e. The molecule has 0 spiro atoms. The number of hydrogen-bond donors (Lipinski definition) is 4. The van der Waals surface area contributed by atoms with Crippen LogP contribution in [0.3, 0.4) is 0 Å². The number of carbonyl (C=O) groups is 2.